The Hall–Kier alpha value is -5.86. The number of allylic oxidation sites excluding steroid dienone is 1. The van der Waals surface area contributed by atoms with Gasteiger partial charge in [0.25, 0.3) is 0 Å². The Balaban J connectivity index is 1.39. The lowest BCUT2D eigenvalue weighted by atomic mass is 9.77. The molecule has 5 aromatic carbocycles. The van der Waals surface area contributed by atoms with Gasteiger partial charge in [-0.3, -0.25) is 0 Å². The summed E-state index contributed by atoms with van der Waals surface area (Å²) in [5.74, 6) is 0.184. The van der Waals surface area contributed by atoms with Crippen molar-refractivity contribution in [3.05, 3.63) is 173 Å². The number of aromatic nitrogens is 4. The van der Waals surface area contributed by atoms with Crippen molar-refractivity contribution < 1.29 is 9.53 Å². The Labute approximate surface area is 293 Å². The van der Waals surface area contributed by atoms with Gasteiger partial charge in [0, 0.05) is 24.2 Å². The average molecular weight is 661 g/mol. The molecule has 0 radical (unpaired) electrons. The lowest BCUT2D eigenvalue weighted by molar-refractivity contribution is -0.136. The van der Waals surface area contributed by atoms with Crippen molar-refractivity contribution in [2.24, 2.45) is 0 Å². The molecule has 2 heterocycles. The zero-order valence-corrected chi connectivity index (χ0v) is 28.5. The molecule has 1 aromatic heterocycles. The summed E-state index contributed by atoms with van der Waals surface area (Å²) >= 11 is 0. The second kappa shape index (κ2) is 14.3. The first-order valence-electron chi connectivity index (χ1n) is 17.0. The molecule has 1 atom stereocenters. The molecule has 0 saturated heterocycles. The third-order valence-electron chi connectivity index (χ3n) is 9.44. The van der Waals surface area contributed by atoms with E-state index in [2.05, 4.69) is 84.1 Å². The van der Waals surface area contributed by atoms with Crippen LogP contribution in [0.25, 0.3) is 22.5 Å². The molecule has 1 aliphatic rings. The quantitative estimate of drug-likeness (QED) is 0.114. The SMILES string of the molecule is CCCN1NC(Cc2ccc(-c3ccccc3)c(-c3nnn(C(c4ccccc4)(c4ccccc4)c4ccccc4)n3)c2)=C(C(=O)OC)C1C. The topological polar surface area (TPSA) is 85.2 Å². The minimum atomic E-state index is -0.896. The third-order valence-corrected chi connectivity index (χ3v) is 9.44. The first kappa shape index (κ1) is 32.7. The van der Waals surface area contributed by atoms with E-state index in [1.54, 1.807) is 4.80 Å². The molecule has 0 fully saturated rings. The molecule has 0 spiro atoms. The van der Waals surface area contributed by atoms with Crippen LogP contribution in [0.2, 0.25) is 0 Å². The van der Waals surface area contributed by atoms with E-state index < -0.39 is 5.54 Å². The molecular formula is C42H40N6O2. The van der Waals surface area contributed by atoms with Gasteiger partial charge < -0.3 is 10.2 Å². The predicted molar refractivity (Wildman–Crippen MR) is 196 cm³/mol. The lowest BCUT2D eigenvalue weighted by Gasteiger charge is -2.34. The minimum absolute atomic E-state index is 0.107. The number of hydrazine groups is 1. The number of nitrogens with one attached hydrogen (secondary N) is 1. The van der Waals surface area contributed by atoms with Crippen LogP contribution in [0.4, 0.5) is 0 Å². The monoisotopic (exact) mass is 660 g/mol. The van der Waals surface area contributed by atoms with Crippen molar-refractivity contribution in [2.45, 2.75) is 38.3 Å². The number of carbonyl (C=O) groups excluding carboxylic acids is 1. The van der Waals surface area contributed by atoms with Crippen molar-refractivity contribution in [1.29, 1.82) is 0 Å². The van der Waals surface area contributed by atoms with Crippen LogP contribution in [0.15, 0.2) is 151 Å². The minimum Gasteiger partial charge on any atom is -0.466 e. The Bertz CT molecular complexity index is 2000. The summed E-state index contributed by atoms with van der Waals surface area (Å²) in [7, 11) is 1.43. The highest BCUT2D eigenvalue weighted by Crippen LogP contribution is 2.40. The van der Waals surface area contributed by atoms with Crippen LogP contribution in [-0.4, -0.2) is 50.9 Å². The molecule has 1 unspecified atom stereocenters. The summed E-state index contributed by atoms with van der Waals surface area (Å²) in [5.41, 5.74) is 11.0. The molecule has 50 heavy (non-hydrogen) atoms. The smallest absolute Gasteiger partial charge is 0.337 e. The van der Waals surface area contributed by atoms with Gasteiger partial charge in [-0.25, -0.2) is 9.80 Å². The molecule has 1 N–H and O–H groups in total. The fourth-order valence-corrected chi connectivity index (χ4v) is 7.08. The fourth-order valence-electron chi connectivity index (χ4n) is 7.08. The van der Waals surface area contributed by atoms with E-state index in [0.29, 0.717) is 17.8 Å². The first-order valence-corrected chi connectivity index (χ1v) is 17.0. The number of nitrogens with zero attached hydrogens (tertiary/aromatic N) is 5. The number of hydrogen-bond acceptors (Lipinski definition) is 7. The highest BCUT2D eigenvalue weighted by Gasteiger charge is 2.41. The number of rotatable bonds is 11. The maximum atomic E-state index is 13.0. The molecule has 1 aliphatic heterocycles. The maximum absolute atomic E-state index is 13.0. The van der Waals surface area contributed by atoms with Crippen molar-refractivity contribution in [3.8, 4) is 22.5 Å². The summed E-state index contributed by atoms with van der Waals surface area (Å²) in [6.07, 6.45) is 1.46. The lowest BCUT2D eigenvalue weighted by Crippen LogP contribution is -2.39. The van der Waals surface area contributed by atoms with E-state index in [1.807, 2.05) is 79.7 Å². The Morgan fingerprint density at radius 1 is 0.780 bits per heavy atom. The fraction of sp³-hybridized carbons (Fsp3) is 0.190. The van der Waals surface area contributed by atoms with E-state index in [1.165, 1.54) is 7.11 Å². The maximum Gasteiger partial charge on any atom is 0.337 e. The van der Waals surface area contributed by atoms with Crippen molar-refractivity contribution in [3.63, 3.8) is 0 Å². The van der Waals surface area contributed by atoms with Gasteiger partial charge in [0.1, 0.15) is 0 Å². The Morgan fingerprint density at radius 2 is 1.34 bits per heavy atom. The van der Waals surface area contributed by atoms with E-state index in [9.17, 15) is 4.79 Å². The molecular weight excluding hydrogens is 621 g/mol. The molecule has 8 heteroatoms. The van der Waals surface area contributed by atoms with Gasteiger partial charge in [-0.2, -0.15) is 0 Å². The first-order chi connectivity index (χ1) is 24.5. The van der Waals surface area contributed by atoms with Gasteiger partial charge in [0.05, 0.1) is 18.7 Å². The number of benzene rings is 5. The number of ether oxygens (including phenoxy) is 1. The highest BCUT2D eigenvalue weighted by molar-refractivity contribution is 5.91. The number of hydrogen-bond donors (Lipinski definition) is 1. The van der Waals surface area contributed by atoms with Gasteiger partial charge >= 0.3 is 5.97 Å². The second-order valence-corrected chi connectivity index (χ2v) is 12.5. The summed E-state index contributed by atoms with van der Waals surface area (Å²) in [6.45, 7) is 4.97. The molecule has 0 amide bonds. The molecule has 0 bridgehead atoms. The average Bonchev–Trinajstić information content (AvgIpc) is 3.78. The van der Waals surface area contributed by atoms with Gasteiger partial charge in [-0.15, -0.1) is 15.0 Å². The van der Waals surface area contributed by atoms with E-state index in [-0.39, 0.29) is 12.0 Å². The molecule has 0 aliphatic carbocycles. The van der Waals surface area contributed by atoms with Crippen LogP contribution in [0.1, 0.15) is 42.5 Å². The largest absolute Gasteiger partial charge is 0.466 e. The number of methoxy groups -OCH3 is 1. The standard InChI is InChI=1S/C42H40N6O2/c1-4-27-47-30(2)39(41(49)50-3)38(44-47)29-31-25-26-36(32-17-9-5-10-18-32)37(28-31)40-43-46-48(45-40)42(33-19-11-6-12-20-33,34-21-13-7-14-22-34)35-23-15-8-16-24-35/h5-26,28,30,44H,4,27,29H2,1-3H3. The predicted octanol–water partition coefficient (Wildman–Crippen LogP) is 7.44. The zero-order valence-electron chi connectivity index (χ0n) is 28.5. The zero-order chi connectivity index (χ0) is 34.5. The van der Waals surface area contributed by atoms with Crippen molar-refractivity contribution in [2.75, 3.05) is 13.7 Å². The van der Waals surface area contributed by atoms with Crippen LogP contribution < -0.4 is 5.43 Å². The van der Waals surface area contributed by atoms with Crippen LogP contribution in [-0.2, 0) is 21.5 Å². The van der Waals surface area contributed by atoms with E-state index in [4.69, 9.17) is 20.1 Å². The van der Waals surface area contributed by atoms with Gasteiger partial charge in [-0.05, 0) is 58.0 Å². The molecule has 7 rings (SSSR count). The second-order valence-electron chi connectivity index (χ2n) is 12.5. The normalized spacial score (nSPS) is 14.8. The molecule has 8 nitrogen and oxygen atoms in total. The van der Waals surface area contributed by atoms with E-state index in [0.717, 1.165) is 57.6 Å². The molecule has 0 saturated carbocycles. The summed E-state index contributed by atoms with van der Waals surface area (Å²) in [4.78, 5) is 14.7. The summed E-state index contributed by atoms with van der Waals surface area (Å²) < 4.78 is 5.22. The van der Waals surface area contributed by atoms with Crippen molar-refractivity contribution >= 4 is 5.97 Å². The number of esters is 1. The van der Waals surface area contributed by atoms with Gasteiger partial charge in [-0.1, -0.05) is 140 Å². The van der Waals surface area contributed by atoms with Crippen molar-refractivity contribution in [1.82, 2.24) is 30.6 Å². The van der Waals surface area contributed by atoms with Gasteiger partial charge in [0.15, 0.2) is 5.54 Å². The summed E-state index contributed by atoms with van der Waals surface area (Å²) in [5, 5.41) is 16.9. The van der Waals surface area contributed by atoms with E-state index >= 15 is 0 Å². The highest BCUT2D eigenvalue weighted by atomic mass is 16.5. The number of carbonyl (C=O) groups is 1. The third kappa shape index (κ3) is 5.99. The number of tetrazole rings is 1. The van der Waals surface area contributed by atoms with Gasteiger partial charge in [0.2, 0.25) is 5.82 Å². The van der Waals surface area contributed by atoms with Crippen LogP contribution >= 0.6 is 0 Å². The Kier molecular flexibility index (Phi) is 9.36. The Morgan fingerprint density at radius 3 is 1.88 bits per heavy atom. The summed E-state index contributed by atoms with van der Waals surface area (Å²) in [6, 6.07) is 47.5. The van der Waals surface area contributed by atoms with Crippen LogP contribution in [0.3, 0.4) is 0 Å². The molecule has 250 valence electrons. The van der Waals surface area contributed by atoms with Crippen LogP contribution in [0, 0.1) is 0 Å². The van der Waals surface area contributed by atoms with Crippen LogP contribution in [0.5, 0.6) is 0 Å². The molecule has 6 aromatic rings.